The van der Waals surface area contributed by atoms with Crippen molar-refractivity contribution >= 4 is 28.6 Å². The minimum Gasteiger partial charge on any atom is -0.497 e. The summed E-state index contributed by atoms with van der Waals surface area (Å²) in [6.07, 6.45) is 1.82. The van der Waals surface area contributed by atoms with Crippen LogP contribution >= 0.6 is 11.3 Å². The summed E-state index contributed by atoms with van der Waals surface area (Å²) in [7, 11) is 1.63. The molecule has 168 valence electrons. The lowest BCUT2D eigenvalue weighted by atomic mass is 10.1. The maximum absolute atomic E-state index is 13.0. The fraction of sp³-hybridized carbons (Fsp3) is 0.0385. The summed E-state index contributed by atoms with van der Waals surface area (Å²) in [6.45, 7) is 0. The molecule has 0 unspecified atom stereocenters. The molecule has 3 N–H and O–H groups in total. The highest BCUT2D eigenvalue weighted by Crippen LogP contribution is 2.30. The number of rotatable bonds is 6. The molecule has 0 saturated heterocycles. The molecular formula is C26H21N5O2S. The SMILES string of the molecule is COc1ccc(-n2cc(-c3cccc(C(=O)Nc4cc(-c5cccs5)ccc4N)c3)nn2)cc1. The zero-order valence-corrected chi connectivity index (χ0v) is 19.1. The van der Waals surface area contributed by atoms with Gasteiger partial charge in [-0.3, -0.25) is 4.79 Å². The lowest BCUT2D eigenvalue weighted by Crippen LogP contribution is -2.13. The van der Waals surface area contributed by atoms with Crippen LogP contribution in [0.5, 0.6) is 5.75 Å². The van der Waals surface area contributed by atoms with Crippen LogP contribution in [0.25, 0.3) is 27.4 Å². The Labute approximate surface area is 200 Å². The van der Waals surface area contributed by atoms with Gasteiger partial charge in [-0.2, -0.15) is 0 Å². The molecule has 0 spiro atoms. The lowest BCUT2D eigenvalue weighted by Gasteiger charge is -2.10. The van der Waals surface area contributed by atoms with Gasteiger partial charge in [-0.05, 0) is 65.5 Å². The molecule has 2 heterocycles. The van der Waals surface area contributed by atoms with Crippen molar-refractivity contribution in [2.45, 2.75) is 0 Å². The van der Waals surface area contributed by atoms with Crippen LogP contribution in [-0.2, 0) is 0 Å². The van der Waals surface area contributed by atoms with Gasteiger partial charge in [0.1, 0.15) is 11.4 Å². The number of hydrogen-bond acceptors (Lipinski definition) is 6. The van der Waals surface area contributed by atoms with E-state index in [4.69, 9.17) is 10.5 Å². The number of nitrogen functional groups attached to an aromatic ring is 1. The highest BCUT2D eigenvalue weighted by atomic mass is 32.1. The molecule has 7 nitrogen and oxygen atoms in total. The summed E-state index contributed by atoms with van der Waals surface area (Å²) < 4.78 is 6.88. The van der Waals surface area contributed by atoms with E-state index >= 15 is 0 Å². The predicted octanol–water partition coefficient (Wildman–Crippen LogP) is 5.51. The number of ether oxygens (including phenoxy) is 1. The van der Waals surface area contributed by atoms with Gasteiger partial charge in [-0.25, -0.2) is 4.68 Å². The lowest BCUT2D eigenvalue weighted by molar-refractivity contribution is 0.102. The molecule has 5 rings (SSSR count). The number of hydrogen-bond donors (Lipinski definition) is 2. The van der Waals surface area contributed by atoms with E-state index < -0.39 is 0 Å². The second kappa shape index (κ2) is 9.21. The minimum atomic E-state index is -0.251. The number of nitrogens with one attached hydrogen (secondary N) is 1. The number of carbonyl (C=O) groups is 1. The zero-order chi connectivity index (χ0) is 23.5. The number of aromatic nitrogens is 3. The van der Waals surface area contributed by atoms with Crippen molar-refractivity contribution in [3.05, 3.63) is 96.0 Å². The molecule has 0 saturated carbocycles. The Bertz CT molecular complexity index is 1440. The van der Waals surface area contributed by atoms with Crippen LogP contribution in [0, 0.1) is 0 Å². The molecule has 0 atom stereocenters. The van der Waals surface area contributed by atoms with Crippen LogP contribution in [0.2, 0.25) is 0 Å². The molecule has 0 bridgehead atoms. The molecule has 34 heavy (non-hydrogen) atoms. The van der Waals surface area contributed by atoms with Crippen LogP contribution in [0.4, 0.5) is 11.4 Å². The molecule has 8 heteroatoms. The maximum atomic E-state index is 13.0. The van der Waals surface area contributed by atoms with Crippen molar-refractivity contribution in [1.82, 2.24) is 15.0 Å². The number of carbonyl (C=O) groups excluding carboxylic acids is 1. The van der Waals surface area contributed by atoms with Crippen molar-refractivity contribution in [1.29, 1.82) is 0 Å². The number of nitrogens with two attached hydrogens (primary N) is 1. The highest BCUT2D eigenvalue weighted by Gasteiger charge is 2.13. The first-order chi connectivity index (χ1) is 16.6. The smallest absolute Gasteiger partial charge is 0.255 e. The fourth-order valence-electron chi connectivity index (χ4n) is 3.53. The van der Waals surface area contributed by atoms with E-state index in [9.17, 15) is 4.79 Å². The summed E-state index contributed by atoms with van der Waals surface area (Å²) in [4.78, 5) is 14.1. The molecule has 1 amide bonds. The summed E-state index contributed by atoms with van der Waals surface area (Å²) in [5.41, 5.74) is 11.0. The Kier molecular flexibility index (Phi) is 5.80. The van der Waals surface area contributed by atoms with Crippen molar-refractivity contribution in [2.75, 3.05) is 18.2 Å². The molecule has 0 radical (unpaired) electrons. The van der Waals surface area contributed by atoms with Gasteiger partial charge in [-0.1, -0.05) is 29.5 Å². The number of amides is 1. The van der Waals surface area contributed by atoms with Gasteiger partial charge >= 0.3 is 0 Å². The molecule has 0 aliphatic heterocycles. The average molecular weight is 468 g/mol. The molecule has 5 aromatic rings. The maximum Gasteiger partial charge on any atom is 0.255 e. The third kappa shape index (κ3) is 4.39. The van der Waals surface area contributed by atoms with Crippen LogP contribution in [0.1, 0.15) is 10.4 Å². The molecular weight excluding hydrogens is 446 g/mol. The van der Waals surface area contributed by atoms with Crippen LogP contribution in [0.15, 0.2) is 90.4 Å². The van der Waals surface area contributed by atoms with Crippen molar-refractivity contribution < 1.29 is 9.53 Å². The van der Waals surface area contributed by atoms with Crippen LogP contribution in [0.3, 0.4) is 0 Å². The second-order valence-corrected chi connectivity index (χ2v) is 8.51. The van der Waals surface area contributed by atoms with Gasteiger partial charge in [0.15, 0.2) is 0 Å². The Morgan fingerprint density at radius 2 is 1.85 bits per heavy atom. The minimum absolute atomic E-state index is 0.251. The van der Waals surface area contributed by atoms with Gasteiger partial charge in [0, 0.05) is 16.0 Å². The largest absolute Gasteiger partial charge is 0.497 e. The van der Waals surface area contributed by atoms with E-state index in [1.807, 2.05) is 72.2 Å². The summed E-state index contributed by atoms with van der Waals surface area (Å²) in [5.74, 6) is 0.517. The fourth-order valence-corrected chi connectivity index (χ4v) is 4.26. The number of thiophene rings is 1. The van der Waals surface area contributed by atoms with Gasteiger partial charge in [-0.15, -0.1) is 16.4 Å². The van der Waals surface area contributed by atoms with Gasteiger partial charge in [0.05, 0.1) is 30.4 Å². The van der Waals surface area contributed by atoms with Crippen LogP contribution < -0.4 is 15.8 Å². The standard InChI is InChI=1S/C26H21N5O2S/c1-33-21-10-8-20(9-11-21)31-16-24(29-30-31)17-4-2-5-19(14-17)26(32)28-23-15-18(7-12-22(23)27)25-6-3-13-34-25/h2-16H,27H2,1H3,(H,28,32). The van der Waals surface area contributed by atoms with Crippen molar-refractivity contribution in [3.8, 4) is 33.1 Å². The summed E-state index contributed by atoms with van der Waals surface area (Å²) >= 11 is 1.63. The number of anilines is 2. The van der Waals surface area contributed by atoms with Gasteiger partial charge in [0.25, 0.3) is 5.91 Å². The van der Waals surface area contributed by atoms with Crippen LogP contribution in [-0.4, -0.2) is 28.0 Å². The van der Waals surface area contributed by atoms with Crippen molar-refractivity contribution in [2.24, 2.45) is 0 Å². The third-order valence-electron chi connectivity index (χ3n) is 5.36. The number of methoxy groups -OCH3 is 1. The zero-order valence-electron chi connectivity index (χ0n) is 18.3. The first kappa shape index (κ1) is 21.4. The first-order valence-electron chi connectivity index (χ1n) is 10.5. The van der Waals surface area contributed by atoms with E-state index in [0.29, 0.717) is 22.6 Å². The summed E-state index contributed by atoms with van der Waals surface area (Å²) in [6, 6.07) is 24.4. The van der Waals surface area contributed by atoms with E-state index in [1.165, 1.54) is 0 Å². The quantitative estimate of drug-likeness (QED) is 0.321. The van der Waals surface area contributed by atoms with Crippen molar-refractivity contribution in [3.63, 3.8) is 0 Å². The summed E-state index contributed by atoms with van der Waals surface area (Å²) in [5, 5.41) is 13.4. The Balaban J connectivity index is 1.37. The Morgan fingerprint density at radius 1 is 1.00 bits per heavy atom. The molecule has 0 aliphatic rings. The second-order valence-electron chi connectivity index (χ2n) is 7.56. The number of nitrogens with zero attached hydrogens (tertiary/aromatic N) is 3. The molecule has 2 aromatic heterocycles. The topological polar surface area (TPSA) is 95.1 Å². The first-order valence-corrected chi connectivity index (χ1v) is 11.4. The highest BCUT2D eigenvalue weighted by molar-refractivity contribution is 7.13. The van der Waals surface area contributed by atoms with E-state index in [0.717, 1.165) is 27.4 Å². The Hall–Kier alpha value is -4.43. The Morgan fingerprint density at radius 3 is 2.62 bits per heavy atom. The third-order valence-corrected chi connectivity index (χ3v) is 6.28. The molecule has 3 aromatic carbocycles. The predicted molar refractivity (Wildman–Crippen MR) is 135 cm³/mol. The molecule has 0 aliphatic carbocycles. The van der Waals surface area contributed by atoms with Gasteiger partial charge < -0.3 is 15.8 Å². The van der Waals surface area contributed by atoms with E-state index in [2.05, 4.69) is 15.6 Å². The molecule has 0 fully saturated rings. The number of benzene rings is 3. The van der Waals surface area contributed by atoms with E-state index in [1.54, 1.807) is 41.3 Å². The normalized spacial score (nSPS) is 10.7. The average Bonchev–Trinajstić information content (AvgIpc) is 3.58. The van der Waals surface area contributed by atoms with Gasteiger partial charge in [0.2, 0.25) is 0 Å². The monoisotopic (exact) mass is 467 g/mol. The van der Waals surface area contributed by atoms with E-state index in [-0.39, 0.29) is 5.91 Å².